The molecule has 1 aliphatic carbocycles. The van der Waals surface area contributed by atoms with Gasteiger partial charge in [0.25, 0.3) is 0 Å². The Morgan fingerprint density at radius 2 is 2.05 bits per heavy atom. The Morgan fingerprint density at radius 1 is 1.42 bits per heavy atom. The van der Waals surface area contributed by atoms with Crippen molar-refractivity contribution >= 4 is 17.7 Å². The molecule has 4 heteroatoms. The van der Waals surface area contributed by atoms with Crippen LogP contribution in [0.25, 0.3) is 0 Å². The predicted molar refractivity (Wildman–Crippen MR) is 83.8 cm³/mol. The molecule has 0 radical (unpaired) electrons. The lowest BCUT2D eigenvalue weighted by molar-refractivity contribution is 0.474. The third kappa shape index (κ3) is 3.90. The van der Waals surface area contributed by atoms with Gasteiger partial charge in [0.05, 0.1) is 0 Å². The molecule has 19 heavy (non-hydrogen) atoms. The second kappa shape index (κ2) is 6.33. The molecule has 0 heterocycles. The highest BCUT2D eigenvalue weighted by molar-refractivity contribution is 7.98. The summed E-state index contributed by atoms with van der Waals surface area (Å²) in [7, 11) is 3.94. The second-order valence-electron chi connectivity index (χ2n) is 5.22. The highest BCUT2D eigenvalue weighted by Gasteiger charge is 2.33. The van der Waals surface area contributed by atoms with E-state index in [0.717, 1.165) is 18.4 Å². The van der Waals surface area contributed by atoms with Crippen molar-refractivity contribution in [3.8, 4) is 0 Å². The van der Waals surface area contributed by atoms with E-state index >= 15 is 0 Å². The van der Waals surface area contributed by atoms with E-state index in [1.165, 1.54) is 16.9 Å². The van der Waals surface area contributed by atoms with Crippen LogP contribution in [0.5, 0.6) is 0 Å². The van der Waals surface area contributed by atoms with Gasteiger partial charge in [0.1, 0.15) is 0 Å². The average molecular weight is 277 g/mol. The molecule has 2 unspecified atom stereocenters. The van der Waals surface area contributed by atoms with Crippen LogP contribution in [-0.2, 0) is 6.54 Å². The molecular weight excluding hydrogens is 254 g/mol. The Hall–Kier alpha value is -1.16. The molecule has 0 aromatic heterocycles. The zero-order valence-electron chi connectivity index (χ0n) is 12.2. The van der Waals surface area contributed by atoms with Crippen LogP contribution in [0.15, 0.2) is 34.2 Å². The summed E-state index contributed by atoms with van der Waals surface area (Å²) in [6.45, 7) is 3.15. The number of benzene rings is 1. The number of nitrogens with zero attached hydrogens (tertiary/aromatic N) is 2. The van der Waals surface area contributed by atoms with Gasteiger partial charge in [0.2, 0.25) is 0 Å². The fraction of sp³-hybridized carbons (Fsp3) is 0.533. The molecule has 0 spiro atoms. The number of thioether (sulfide) groups is 1. The number of hydrogen-bond donors (Lipinski definition) is 1. The molecule has 1 aromatic rings. The Kier molecular flexibility index (Phi) is 4.75. The molecule has 0 amide bonds. The van der Waals surface area contributed by atoms with E-state index in [1.54, 1.807) is 11.8 Å². The van der Waals surface area contributed by atoms with Gasteiger partial charge in [0.15, 0.2) is 5.96 Å². The molecule has 0 bridgehead atoms. The minimum absolute atomic E-state index is 0.611. The third-order valence-electron chi connectivity index (χ3n) is 3.58. The van der Waals surface area contributed by atoms with Crippen LogP contribution in [0.4, 0.5) is 0 Å². The Morgan fingerprint density at radius 3 is 2.53 bits per heavy atom. The van der Waals surface area contributed by atoms with Gasteiger partial charge in [-0.2, -0.15) is 0 Å². The first-order valence-corrected chi connectivity index (χ1v) is 7.94. The standard InChI is InChI=1S/C15H23N3S/c1-11-9-14(11)17-15(16-2)18(3)10-12-5-7-13(19-4)8-6-12/h5-8,11,14H,9-10H2,1-4H3,(H,16,17). The molecule has 1 aliphatic rings. The minimum Gasteiger partial charge on any atom is -0.353 e. The molecule has 3 nitrogen and oxygen atoms in total. The van der Waals surface area contributed by atoms with E-state index in [2.05, 4.69) is 59.7 Å². The van der Waals surface area contributed by atoms with Crippen molar-refractivity contribution in [2.24, 2.45) is 10.9 Å². The van der Waals surface area contributed by atoms with Crippen LogP contribution in [-0.4, -0.2) is 37.3 Å². The largest absolute Gasteiger partial charge is 0.353 e. The van der Waals surface area contributed by atoms with E-state index in [4.69, 9.17) is 0 Å². The van der Waals surface area contributed by atoms with Crippen molar-refractivity contribution in [1.82, 2.24) is 10.2 Å². The fourth-order valence-electron chi connectivity index (χ4n) is 2.11. The summed E-state index contributed by atoms with van der Waals surface area (Å²) in [6, 6.07) is 9.34. The van der Waals surface area contributed by atoms with Gasteiger partial charge in [-0.15, -0.1) is 11.8 Å². The maximum atomic E-state index is 4.36. The smallest absolute Gasteiger partial charge is 0.193 e. The van der Waals surface area contributed by atoms with Gasteiger partial charge in [-0.05, 0) is 36.3 Å². The van der Waals surface area contributed by atoms with Gasteiger partial charge in [-0.1, -0.05) is 19.1 Å². The van der Waals surface area contributed by atoms with E-state index in [1.807, 2.05) is 7.05 Å². The van der Waals surface area contributed by atoms with Crippen LogP contribution < -0.4 is 5.32 Å². The SMILES string of the molecule is CN=C(NC1CC1C)N(C)Cc1ccc(SC)cc1. The van der Waals surface area contributed by atoms with Gasteiger partial charge in [-0.25, -0.2) is 0 Å². The number of hydrogen-bond acceptors (Lipinski definition) is 2. The Bertz CT molecular complexity index is 441. The summed E-state index contributed by atoms with van der Waals surface area (Å²) < 4.78 is 0. The molecule has 1 aromatic carbocycles. The molecule has 1 saturated carbocycles. The lowest BCUT2D eigenvalue weighted by Gasteiger charge is -2.22. The quantitative estimate of drug-likeness (QED) is 0.521. The summed E-state index contributed by atoms with van der Waals surface area (Å²) in [5, 5.41) is 3.50. The molecule has 104 valence electrons. The van der Waals surface area contributed by atoms with Crippen molar-refractivity contribution in [2.45, 2.75) is 30.8 Å². The van der Waals surface area contributed by atoms with Crippen LogP contribution >= 0.6 is 11.8 Å². The zero-order chi connectivity index (χ0) is 13.8. The van der Waals surface area contributed by atoms with Crippen LogP contribution in [0.3, 0.4) is 0 Å². The molecule has 0 saturated heterocycles. The molecular formula is C15H23N3S. The van der Waals surface area contributed by atoms with Crippen LogP contribution in [0.1, 0.15) is 18.9 Å². The van der Waals surface area contributed by atoms with Crippen molar-refractivity contribution in [3.05, 3.63) is 29.8 Å². The first-order chi connectivity index (χ1) is 9.13. The number of rotatable bonds is 4. The molecule has 2 rings (SSSR count). The fourth-order valence-corrected chi connectivity index (χ4v) is 2.52. The first-order valence-electron chi connectivity index (χ1n) is 6.71. The van der Waals surface area contributed by atoms with Crippen molar-refractivity contribution in [1.29, 1.82) is 0 Å². The lowest BCUT2D eigenvalue weighted by Crippen LogP contribution is -2.40. The van der Waals surface area contributed by atoms with E-state index in [-0.39, 0.29) is 0 Å². The van der Waals surface area contributed by atoms with Crippen molar-refractivity contribution in [3.63, 3.8) is 0 Å². The zero-order valence-corrected chi connectivity index (χ0v) is 13.0. The summed E-state index contributed by atoms with van der Waals surface area (Å²) in [5.41, 5.74) is 1.31. The van der Waals surface area contributed by atoms with E-state index in [9.17, 15) is 0 Å². The molecule has 0 aliphatic heterocycles. The maximum Gasteiger partial charge on any atom is 0.193 e. The van der Waals surface area contributed by atoms with E-state index in [0.29, 0.717) is 6.04 Å². The second-order valence-corrected chi connectivity index (χ2v) is 6.09. The number of aliphatic imine (C=N–C) groups is 1. The summed E-state index contributed by atoms with van der Waals surface area (Å²) >= 11 is 1.77. The van der Waals surface area contributed by atoms with Crippen LogP contribution in [0.2, 0.25) is 0 Å². The minimum atomic E-state index is 0.611. The first kappa shape index (κ1) is 14.3. The average Bonchev–Trinajstić information content (AvgIpc) is 3.12. The number of guanidine groups is 1. The topological polar surface area (TPSA) is 27.6 Å². The van der Waals surface area contributed by atoms with E-state index < -0.39 is 0 Å². The summed E-state index contributed by atoms with van der Waals surface area (Å²) in [4.78, 5) is 7.85. The third-order valence-corrected chi connectivity index (χ3v) is 4.32. The Balaban J connectivity index is 1.92. The van der Waals surface area contributed by atoms with Crippen molar-refractivity contribution in [2.75, 3.05) is 20.4 Å². The van der Waals surface area contributed by atoms with Crippen molar-refractivity contribution < 1.29 is 0 Å². The highest BCUT2D eigenvalue weighted by Crippen LogP contribution is 2.29. The van der Waals surface area contributed by atoms with Gasteiger partial charge in [-0.3, -0.25) is 4.99 Å². The monoisotopic (exact) mass is 277 g/mol. The molecule has 1 fully saturated rings. The summed E-state index contributed by atoms with van der Waals surface area (Å²) in [6.07, 6.45) is 3.36. The van der Waals surface area contributed by atoms with Gasteiger partial charge in [0, 0.05) is 31.6 Å². The highest BCUT2D eigenvalue weighted by atomic mass is 32.2. The maximum absolute atomic E-state index is 4.36. The van der Waals surface area contributed by atoms with Crippen LogP contribution in [0, 0.1) is 5.92 Å². The van der Waals surface area contributed by atoms with Gasteiger partial charge < -0.3 is 10.2 Å². The summed E-state index contributed by atoms with van der Waals surface area (Å²) in [5.74, 6) is 1.77. The Labute approximate surface area is 120 Å². The normalized spacial score (nSPS) is 22.2. The molecule has 2 atom stereocenters. The van der Waals surface area contributed by atoms with Gasteiger partial charge >= 0.3 is 0 Å². The number of nitrogens with one attached hydrogen (secondary N) is 1. The molecule has 1 N–H and O–H groups in total. The predicted octanol–water partition coefficient (Wildman–Crippen LogP) is 2.82. The lowest BCUT2D eigenvalue weighted by atomic mass is 10.2.